The third-order valence-corrected chi connectivity index (χ3v) is 6.67. The highest BCUT2D eigenvalue weighted by Gasteiger charge is 2.26. The van der Waals surface area contributed by atoms with Gasteiger partial charge in [-0.1, -0.05) is 36.4 Å². The Balaban J connectivity index is 1.51. The fourth-order valence-corrected chi connectivity index (χ4v) is 4.39. The van der Waals surface area contributed by atoms with E-state index in [1.54, 1.807) is 30.5 Å². The average molecular weight is 416 g/mol. The Morgan fingerprint density at radius 2 is 1.83 bits per heavy atom. The molecule has 1 aliphatic heterocycles. The van der Waals surface area contributed by atoms with E-state index in [1.807, 2.05) is 31.2 Å². The van der Waals surface area contributed by atoms with Gasteiger partial charge in [-0.3, -0.25) is 4.79 Å². The number of nitrogens with one attached hydrogen (secondary N) is 1. The van der Waals surface area contributed by atoms with Crippen molar-refractivity contribution in [3.63, 3.8) is 0 Å². The molecule has 0 radical (unpaired) electrons. The number of rotatable bonds is 7. The fourth-order valence-electron chi connectivity index (χ4n) is 2.98. The lowest BCUT2D eigenvalue weighted by molar-refractivity contribution is -0.121. The zero-order chi connectivity index (χ0) is 20.7. The number of nitrogens with zero attached hydrogens (tertiary/aromatic N) is 2. The molecule has 1 saturated heterocycles. The van der Waals surface area contributed by atoms with Crippen LogP contribution in [0.1, 0.15) is 23.1 Å². The first-order valence-corrected chi connectivity index (χ1v) is 11.0. The van der Waals surface area contributed by atoms with Crippen molar-refractivity contribution < 1.29 is 17.9 Å². The van der Waals surface area contributed by atoms with Crippen LogP contribution < -0.4 is 5.43 Å². The topological polar surface area (TPSA) is 88.1 Å². The Labute approximate surface area is 171 Å². The van der Waals surface area contributed by atoms with E-state index in [0.29, 0.717) is 32.7 Å². The molecule has 29 heavy (non-hydrogen) atoms. The van der Waals surface area contributed by atoms with E-state index < -0.39 is 10.0 Å². The molecular formula is C21H25N3O4S. The number of hydrogen-bond acceptors (Lipinski definition) is 5. The maximum atomic E-state index is 12.6. The van der Waals surface area contributed by atoms with Crippen LogP contribution in [0, 0.1) is 6.92 Å². The third-order valence-electron chi connectivity index (χ3n) is 4.75. The first kappa shape index (κ1) is 21.2. The lowest BCUT2D eigenvalue weighted by Gasteiger charge is -2.26. The van der Waals surface area contributed by atoms with Crippen molar-refractivity contribution in [1.29, 1.82) is 0 Å². The summed E-state index contributed by atoms with van der Waals surface area (Å²) in [5.41, 5.74) is 5.45. The average Bonchev–Trinajstić information content (AvgIpc) is 2.74. The number of sulfonamides is 1. The Morgan fingerprint density at radius 1 is 1.14 bits per heavy atom. The van der Waals surface area contributed by atoms with Crippen molar-refractivity contribution in [2.75, 3.05) is 26.3 Å². The number of morpholine rings is 1. The summed E-state index contributed by atoms with van der Waals surface area (Å²) in [6.45, 7) is 3.55. The van der Waals surface area contributed by atoms with Crippen molar-refractivity contribution in [3.05, 3.63) is 65.2 Å². The minimum absolute atomic E-state index is 0.195. The zero-order valence-electron chi connectivity index (χ0n) is 16.4. The van der Waals surface area contributed by atoms with Crippen LogP contribution in [0.4, 0.5) is 0 Å². The van der Waals surface area contributed by atoms with E-state index >= 15 is 0 Å². The van der Waals surface area contributed by atoms with E-state index in [0.717, 1.165) is 16.7 Å². The van der Waals surface area contributed by atoms with Gasteiger partial charge in [-0.25, -0.2) is 13.8 Å². The predicted molar refractivity (Wildman–Crippen MR) is 111 cm³/mol. The summed E-state index contributed by atoms with van der Waals surface area (Å²) in [5.74, 6) is -0.195. The minimum atomic E-state index is -3.50. The summed E-state index contributed by atoms with van der Waals surface area (Å²) in [4.78, 5) is 12.2. The first-order chi connectivity index (χ1) is 14.0. The second-order valence-electron chi connectivity index (χ2n) is 6.81. The second kappa shape index (κ2) is 9.78. The molecule has 154 valence electrons. The quantitative estimate of drug-likeness (QED) is 0.554. The molecule has 0 aromatic heterocycles. The lowest BCUT2D eigenvalue weighted by Crippen LogP contribution is -2.40. The van der Waals surface area contributed by atoms with E-state index in [2.05, 4.69) is 10.5 Å². The largest absolute Gasteiger partial charge is 0.379 e. The summed E-state index contributed by atoms with van der Waals surface area (Å²) >= 11 is 0. The molecule has 3 rings (SSSR count). The zero-order valence-corrected chi connectivity index (χ0v) is 17.2. The monoisotopic (exact) mass is 415 g/mol. The van der Waals surface area contributed by atoms with Crippen molar-refractivity contribution in [3.8, 4) is 0 Å². The molecule has 1 N–H and O–H groups in total. The Bertz CT molecular complexity index is 966. The van der Waals surface area contributed by atoms with Crippen LogP contribution in [-0.2, 0) is 26.0 Å². The fraction of sp³-hybridized carbons (Fsp3) is 0.333. The molecule has 1 amide bonds. The molecule has 1 fully saturated rings. The number of carbonyl (C=O) groups is 1. The summed E-state index contributed by atoms with van der Waals surface area (Å²) in [6, 6.07) is 14.4. The van der Waals surface area contributed by atoms with Crippen molar-refractivity contribution in [2.45, 2.75) is 24.7 Å². The Morgan fingerprint density at radius 3 is 2.52 bits per heavy atom. The smallest absolute Gasteiger partial charge is 0.243 e. The van der Waals surface area contributed by atoms with Gasteiger partial charge < -0.3 is 4.74 Å². The highest BCUT2D eigenvalue weighted by Crippen LogP contribution is 2.18. The van der Waals surface area contributed by atoms with Gasteiger partial charge in [0.05, 0.1) is 24.3 Å². The molecule has 0 atom stereocenters. The van der Waals surface area contributed by atoms with Gasteiger partial charge in [0, 0.05) is 19.5 Å². The molecule has 0 aliphatic carbocycles. The van der Waals surface area contributed by atoms with Gasteiger partial charge in [0.1, 0.15) is 0 Å². The van der Waals surface area contributed by atoms with Crippen LogP contribution in [0.3, 0.4) is 0 Å². The number of hydrazone groups is 1. The predicted octanol–water partition coefficient (Wildman–Crippen LogP) is 2.10. The number of benzene rings is 2. The lowest BCUT2D eigenvalue weighted by atomic mass is 10.1. The molecule has 8 heteroatoms. The van der Waals surface area contributed by atoms with Crippen LogP contribution in [0.5, 0.6) is 0 Å². The van der Waals surface area contributed by atoms with Crippen LogP contribution in [0.25, 0.3) is 0 Å². The molecule has 2 aromatic rings. The van der Waals surface area contributed by atoms with E-state index in [-0.39, 0.29) is 17.2 Å². The molecule has 0 spiro atoms. The highest BCUT2D eigenvalue weighted by atomic mass is 32.2. The Kier molecular flexibility index (Phi) is 7.13. The summed E-state index contributed by atoms with van der Waals surface area (Å²) < 4.78 is 31.9. The maximum absolute atomic E-state index is 12.6. The maximum Gasteiger partial charge on any atom is 0.243 e. The molecule has 7 nitrogen and oxygen atoms in total. The van der Waals surface area contributed by atoms with Crippen molar-refractivity contribution >= 4 is 22.1 Å². The number of aryl methyl sites for hydroxylation is 2. The molecule has 1 heterocycles. The highest BCUT2D eigenvalue weighted by molar-refractivity contribution is 7.89. The summed E-state index contributed by atoms with van der Waals surface area (Å²) in [7, 11) is -3.50. The standard InChI is InChI=1S/C21H25N3O4S/c1-17-4-2-3-5-19(17)16-22-23-21(25)11-8-18-6-9-20(10-7-18)29(26,27)24-12-14-28-15-13-24/h2-7,9-10,16H,8,11-15H2,1H3,(H,23,25)/b22-16+. The molecule has 0 bridgehead atoms. The second-order valence-corrected chi connectivity index (χ2v) is 8.75. The number of ether oxygens (including phenoxy) is 1. The van der Waals surface area contributed by atoms with Crippen molar-refractivity contribution in [1.82, 2.24) is 9.73 Å². The van der Waals surface area contributed by atoms with Gasteiger partial charge in [0.25, 0.3) is 0 Å². The van der Waals surface area contributed by atoms with Gasteiger partial charge in [0.2, 0.25) is 15.9 Å². The van der Waals surface area contributed by atoms with Gasteiger partial charge in [0.15, 0.2) is 0 Å². The number of amides is 1. The summed E-state index contributed by atoms with van der Waals surface area (Å²) in [5, 5.41) is 3.99. The molecular weight excluding hydrogens is 390 g/mol. The van der Waals surface area contributed by atoms with Gasteiger partial charge in [-0.05, 0) is 42.2 Å². The van der Waals surface area contributed by atoms with E-state index in [4.69, 9.17) is 4.74 Å². The molecule has 0 unspecified atom stereocenters. The van der Waals surface area contributed by atoms with Crippen LogP contribution in [-0.4, -0.2) is 51.1 Å². The molecule has 2 aromatic carbocycles. The van der Waals surface area contributed by atoms with Gasteiger partial charge >= 0.3 is 0 Å². The summed E-state index contributed by atoms with van der Waals surface area (Å²) in [6.07, 6.45) is 2.39. The minimum Gasteiger partial charge on any atom is -0.379 e. The van der Waals surface area contributed by atoms with Crippen molar-refractivity contribution in [2.24, 2.45) is 5.10 Å². The first-order valence-electron chi connectivity index (χ1n) is 9.51. The number of carbonyl (C=O) groups excluding carboxylic acids is 1. The van der Waals surface area contributed by atoms with Gasteiger partial charge in [-0.15, -0.1) is 0 Å². The van der Waals surface area contributed by atoms with E-state index in [9.17, 15) is 13.2 Å². The third kappa shape index (κ3) is 5.72. The van der Waals surface area contributed by atoms with Crippen LogP contribution in [0.15, 0.2) is 58.5 Å². The molecule has 1 aliphatic rings. The van der Waals surface area contributed by atoms with Crippen LogP contribution in [0.2, 0.25) is 0 Å². The molecule has 0 saturated carbocycles. The van der Waals surface area contributed by atoms with Crippen LogP contribution >= 0.6 is 0 Å². The number of hydrogen-bond donors (Lipinski definition) is 1. The van der Waals surface area contributed by atoms with E-state index in [1.165, 1.54) is 4.31 Å². The normalized spacial score (nSPS) is 15.5. The SMILES string of the molecule is Cc1ccccc1/C=N/NC(=O)CCc1ccc(S(=O)(=O)N2CCOCC2)cc1. The van der Waals surface area contributed by atoms with Gasteiger partial charge in [-0.2, -0.15) is 9.41 Å². The Hall–Kier alpha value is -2.55.